The molecule has 2 heterocycles. The Bertz CT molecular complexity index is 645. The molecule has 0 aliphatic carbocycles. The Morgan fingerprint density at radius 2 is 2.09 bits per heavy atom. The largest absolute Gasteiger partial charge is 0.486 e. The minimum Gasteiger partial charge on any atom is -0.486 e. The molecule has 1 aromatic carbocycles. The number of hydrogen-bond acceptors (Lipinski definition) is 5. The van der Waals surface area contributed by atoms with E-state index >= 15 is 0 Å². The zero-order valence-corrected chi connectivity index (χ0v) is 12.6. The standard InChI is InChI=1S/C15H16N2O4S/c18-11(9-16-15(19)17-14-2-1-7-22-14)10-3-4-12-13(8-10)21-6-5-20-12/h1-4,7-8,11,18H,5-6,9H2,(H2,16,17,19)/t11-/m0/s1. The van der Waals surface area contributed by atoms with Crippen molar-refractivity contribution in [2.45, 2.75) is 6.10 Å². The number of rotatable bonds is 4. The van der Waals surface area contributed by atoms with Crippen molar-refractivity contribution in [3.8, 4) is 11.5 Å². The van der Waals surface area contributed by atoms with Crippen LogP contribution in [-0.4, -0.2) is 30.9 Å². The molecular weight excluding hydrogens is 304 g/mol. The number of nitrogens with one attached hydrogen (secondary N) is 2. The monoisotopic (exact) mass is 320 g/mol. The molecule has 0 fully saturated rings. The van der Waals surface area contributed by atoms with Gasteiger partial charge in [0.1, 0.15) is 13.2 Å². The molecule has 1 atom stereocenters. The second kappa shape index (κ2) is 6.67. The fourth-order valence-corrected chi connectivity index (χ4v) is 2.69. The van der Waals surface area contributed by atoms with E-state index in [2.05, 4.69) is 10.6 Å². The van der Waals surface area contributed by atoms with E-state index in [1.807, 2.05) is 17.5 Å². The van der Waals surface area contributed by atoms with Crippen LogP contribution in [0.25, 0.3) is 0 Å². The van der Waals surface area contributed by atoms with Crippen LogP contribution in [0, 0.1) is 0 Å². The molecule has 22 heavy (non-hydrogen) atoms. The SMILES string of the molecule is O=C(NC[C@H](O)c1ccc2c(c1)OCCO2)Nc1cccs1. The molecule has 3 N–H and O–H groups in total. The van der Waals surface area contributed by atoms with Crippen molar-refractivity contribution in [3.63, 3.8) is 0 Å². The Morgan fingerprint density at radius 3 is 2.86 bits per heavy atom. The maximum absolute atomic E-state index is 11.7. The Labute approximate surface area is 131 Å². The molecule has 0 bridgehead atoms. The molecule has 1 aliphatic rings. The van der Waals surface area contributed by atoms with Gasteiger partial charge in [-0.05, 0) is 35.2 Å². The summed E-state index contributed by atoms with van der Waals surface area (Å²) in [6, 6.07) is 8.57. The normalized spacial score (nSPS) is 14.2. The fraction of sp³-hybridized carbons (Fsp3) is 0.267. The van der Waals surface area contributed by atoms with Gasteiger partial charge in [0.15, 0.2) is 11.5 Å². The van der Waals surface area contributed by atoms with Crippen molar-refractivity contribution in [1.82, 2.24) is 5.32 Å². The van der Waals surface area contributed by atoms with Crippen LogP contribution in [0.3, 0.4) is 0 Å². The molecule has 2 aromatic rings. The van der Waals surface area contributed by atoms with E-state index in [0.29, 0.717) is 30.3 Å². The fourth-order valence-electron chi connectivity index (χ4n) is 2.08. The van der Waals surface area contributed by atoms with Gasteiger partial charge < -0.3 is 19.9 Å². The molecular formula is C15H16N2O4S. The Morgan fingerprint density at radius 1 is 1.27 bits per heavy atom. The van der Waals surface area contributed by atoms with Gasteiger partial charge in [-0.25, -0.2) is 4.79 Å². The minimum atomic E-state index is -0.815. The minimum absolute atomic E-state index is 0.108. The number of aliphatic hydroxyl groups excluding tert-OH is 1. The second-order valence-electron chi connectivity index (χ2n) is 4.73. The molecule has 3 rings (SSSR count). The third-order valence-corrected chi connectivity index (χ3v) is 3.95. The Hall–Kier alpha value is -2.25. The molecule has 116 valence electrons. The zero-order chi connectivity index (χ0) is 15.4. The Kier molecular flexibility index (Phi) is 4.45. The second-order valence-corrected chi connectivity index (χ2v) is 5.68. The average Bonchev–Trinajstić information content (AvgIpc) is 3.05. The van der Waals surface area contributed by atoms with Crippen LogP contribution in [0.1, 0.15) is 11.7 Å². The van der Waals surface area contributed by atoms with Crippen molar-refractivity contribution in [2.24, 2.45) is 0 Å². The summed E-state index contributed by atoms with van der Waals surface area (Å²) >= 11 is 1.43. The quantitative estimate of drug-likeness (QED) is 0.808. The van der Waals surface area contributed by atoms with E-state index in [1.165, 1.54) is 11.3 Å². The molecule has 0 spiro atoms. The van der Waals surface area contributed by atoms with Crippen LogP contribution >= 0.6 is 11.3 Å². The number of anilines is 1. The van der Waals surface area contributed by atoms with Gasteiger partial charge in [0.25, 0.3) is 0 Å². The first kappa shape index (κ1) is 14.7. The number of aliphatic hydroxyl groups is 1. The summed E-state index contributed by atoms with van der Waals surface area (Å²) in [5, 5.41) is 18.1. The number of hydrogen-bond donors (Lipinski definition) is 3. The lowest BCUT2D eigenvalue weighted by Gasteiger charge is -2.20. The van der Waals surface area contributed by atoms with Crippen LogP contribution in [0.5, 0.6) is 11.5 Å². The number of fused-ring (bicyclic) bond motifs is 1. The Balaban J connectivity index is 1.55. The molecule has 0 saturated carbocycles. The molecule has 0 unspecified atom stereocenters. The van der Waals surface area contributed by atoms with Gasteiger partial charge in [0, 0.05) is 6.54 Å². The number of carbonyl (C=O) groups excluding carboxylic acids is 1. The number of benzene rings is 1. The molecule has 2 amide bonds. The summed E-state index contributed by atoms with van der Waals surface area (Å²) in [6.45, 7) is 1.13. The average molecular weight is 320 g/mol. The lowest BCUT2D eigenvalue weighted by Crippen LogP contribution is -2.32. The molecule has 1 aliphatic heterocycles. The summed E-state index contributed by atoms with van der Waals surface area (Å²) in [5.74, 6) is 1.29. The number of amides is 2. The van der Waals surface area contributed by atoms with Crippen molar-refractivity contribution in [1.29, 1.82) is 0 Å². The van der Waals surface area contributed by atoms with Gasteiger partial charge in [-0.1, -0.05) is 6.07 Å². The third-order valence-electron chi connectivity index (χ3n) is 3.16. The molecule has 6 nitrogen and oxygen atoms in total. The number of thiophene rings is 1. The summed E-state index contributed by atoms with van der Waals surface area (Å²) in [6.07, 6.45) is -0.815. The number of carbonyl (C=O) groups is 1. The highest BCUT2D eigenvalue weighted by molar-refractivity contribution is 7.14. The van der Waals surface area contributed by atoms with Crippen molar-refractivity contribution in [2.75, 3.05) is 25.1 Å². The lowest BCUT2D eigenvalue weighted by molar-refractivity contribution is 0.163. The predicted octanol–water partition coefficient (Wildman–Crippen LogP) is 2.37. The van der Waals surface area contributed by atoms with Crippen molar-refractivity contribution >= 4 is 22.4 Å². The van der Waals surface area contributed by atoms with Crippen LogP contribution < -0.4 is 20.1 Å². The topological polar surface area (TPSA) is 79.8 Å². The van der Waals surface area contributed by atoms with Crippen LogP contribution in [0.4, 0.5) is 9.80 Å². The molecule has 1 aromatic heterocycles. The van der Waals surface area contributed by atoms with Crippen LogP contribution in [0.2, 0.25) is 0 Å². The van der Waals surface area contributed by atoms with Gasteiger partial charge >= 0.3 is 6.03 Å². The van der Waals surface area contributed by atoms with Gasteiger partial charge in [-0.2, -0.15) is 0 Å². The molecule has 7 heteroatoms. The van der Waals surface area contributed by atoms with E-state index in [-0.39, 0.29) is 12.6 Å². The predicted molar refractivity (Wildman–Crippen MR) is 83.7 cm³/mol. The number of urea groups is 1. The smallest absolute Gasteiger partial charge is 0.319 e. The van der Waals surface area contributed by atoms with Gasteiger partial charge in [-0.15, -0.1) is 11.3 Å². The first-order chi connectivity index (χ1) is 10.7. The summed E-state index contributed by atoms with van der Waals surface area (Å²) in [7, 11) is 0. The maximum Gasteiger partial charge on any atom is 0.319 e. The van der Waals surface area contributed by atoms with Crippen molar-refractivity contribution in [3.05, 3.63) is 41.3 Å². The maximum atomic E-state index is 11.7. The third kappa shape index (κ3) is 3.49. The van der Waals surface area contributed by atoms with Crippen molar-refractivity contribution < 1.29 is 19.4 Å². The van der Waals surface area contributed by atoms with E-state index in [9.17, 15) is 9.90 Å². The zero-order valence-electron chi connectivity index (χ0n) is 11.7. The van der Waals surface area contributed by atoms with Crippen LogP contribution in [-0.2, 0) is 0 Å². The molecule has 0 radical (unpaired) electrons. The van der Waals surface area contributed by atoms with E-state index in [1.54, 1.807) is 18.2 Å². The first-order valence-corrected chi connectivity index (χ1v) is 7.76. The van der Waals surface area contributed by atoms with E-state index in [0.717, 1.165) is 5.00 Å². The van der Waals surface area contributed by atoms with Gasteiger partial charge in [-0.3, -0.25) is 5.32 Å². The summed E-state index contributed by atoms with van der Waals surface area (Å²) in [5.41, 5.74) is 0.667. The molecule has 0 saturated heterocycles. The van der Waals surface area contributed by atoms with E-state index < -0.39 is 6.10 Å². The highest BCUT2D eigenvalue weighted by Crippen LogP contribution is 2.32. The summed E-state index contributed by atoms with van der Waals surface area (Å²) < 4.78 is 10.9. The van der Waals surface area contributed by atoms with E-state index in [4.69, 9.17) is 9.47 Å². The van der Waals surface area contributed by atoms with Gasteiger partial charge in [0.2, 0.25) is 0 Å². The van der Waals surface area contributed by atoms with Gasteiger partial charge in [0.05, 0.1) is 11.1 Å². The lowest BCUT2D eigenvalue weighted by atomic mass is 10.1. The highest BCUT2D eigenvalue weighted by atomic mass is 32.1. The summed E-state index contributed by atoms with van der Waals surface area (Å²) in [4.78, 5) is 11.7. The first-order valence-electron chi connectivity index (χ1n) is 6.88. The highest BCUT2D eigenvalue weighted by Gasteiger charge is 2.16. The number of ether oxygens (including phenoxy) is 2. The van der Waals surface area contributed by atoms with Crippen LogP contribution in [0.15, 0.2) is 35.7 Å².